The third kappa shape index (κ3) is 4.72. The number of aromatic carboxylic acids is 1. The van der Waals surface area contributed by atoms with E-state index in [0.29, 0.717) is 22.5 Å². The number of nitrogens with one attached hydrogen (secondary N) is 1. The summed E-state index contributed by atoms with van der Waals surface area (Å²) in [6.45, 7) is 1.81. The highest BCUT2D eigenvalue weighted by Gasteiger charge is 2.26. The number of pyridine rings is 1. The minimum Gasteiger partial charge on any atom is -0.478 e. The van der Waals surface area contributed by atoms with Gasteiger partial charge >= 0.3 is 5.97 Å². The number of nitrogens with two attached hydrogens (primary N) is 1. The van der Waals surface area contributed by atoms with Crippen LogP contribution in [-0.2, 0) is 4.79 Å². The molecule has 1 unspecified atom stereocenters. The standard InChI is InChI=1S/C22H17N5O3S2/c1-2-16(20(28)26-13-6-3-5-12(9-13)22(29)30)32-21-15(11-24)18(17-7-4-8-31-17)14(10-23)19(25)27-21/h3-9,16H,2H2,1H3,(H2,25,27)(H,26,28)(H,29,30). The van der Waals surface area contributed by atoms with E-state index in [1.54, 1.807) is 18.2 Å². The van der Waals surface area contributed by atoms with E-state index in [2.05, 4.69) is 16.4 Å². The van der Waals surface area contributed by atoms with E-state index in [0.717, 1.165) is 11.8 Å². The van der Waals surface area contributed by atoms with Gasteiger partial charge in [0.05, 0.1) is 16.4 Å². The van der Waals surface area contributed by atoms with E-state index in [9.17, 15) is 20.1 Å². The number of aromatic nitrogens is 1. The number of nitriles is 2. The number of benzene rings is 1. The first-order valence-electron chi connectivity index (χ1n) is 9.38. The molecule has 1 amide bonds. The summed E-state index contributed by atoms with van der Waals surface area (Å²) in [7, 11) is 0. The quantitative estimate of drug-likeness (QED) is 0.437. The molecule has 10 heteroatoms. The maximum Gasteiger partial charge on any atom is 0.335 e. The summed E-state index contributed by atoms with van der Waals surface area (Å²) in [5, 5.41) is 32.7. The molecule has 0 saturated heterocycles. The number of hydrogen-bond acceptors (Lipinski definition) is 8. The van der Waals surface area contributed by atoms with Crippen LogP contribution in [-0.4, -0.2) is 27.2 Å². The number of hydrogen-bond donors (Lipinski definition) is 3. The Labute approximate surface area is 192 Å². The van der Waals surface area contributed by atoms with E-state index >= 15 is 0 Å². The molecular weight excluding hydrogens is 446 g/mol. The van der Waals surface area contributed by atoms with E-state index < -0.39 is 11.2 Å². The van der Waals surface area contributed by atoms with Gasteiger partial charge in [-0.25, -0.2) is 9.78 Å². The highest BCUT2D eigenvalue weighted by atomic mass is 32.2. The number of nitrogens with zero attached hydrogens (tertiary/aromatic N) is 3. The number of amides is 1. The van der Waals surface area contributed by atoms with Gasteiger partial charge in [0.25, 0.3) is 0 Å². The fourth-order valence-electron chi connectivity index (χ4n) is 2.96. The van der Waals surface area contributed by atoms with Gasteiger partial charge in [0.1, 0.15) is 28.5 Å². The van der Waals surface area contributed by atoms with Gasteiger partial charge < -0.3 is 16.2 Å². The molecule has 0 aliphatic heterocycles. The predicted molar refractivity (Wildman–Crippen MR) is 123 cm³/mol. The van der Waals surface area contributed by atoms with Crippen molar-refractivity contribution in [3.8, 4) is 22.6 Å². The summed E-state index contributed by atoms with van der Waals surface area (Å²) < 4.78 is 0. The first-order valence-corrected chi connectivity index (χ1v) is 11.1. The lowest BCUT2D eigenvalue weighted by Crippen LogP contribution is -2.25. The second kappa shape index (κ2) is 9.96. The number of rotatable bonds is 7. The van der Waals surface area contributed by atoms with Gasteiger partial charge in [0.15, 0.2) is 0 Å². The fraction of sp³-hybridized carbons (Fsp3) is 0.136. The van der Waals surface area contributed by atoms with Gasteiger partial charge in [0, 0.05) is 16.1 Å². The second-order valence-corrected chi connectivity index (χ2v) is 8.66. The van der Waals surface area contributed by atoms with Crippen molar-refractivity contribution >= 4 is 46.5 Å². The number of carbonyl (C=O) groups excluding carboxylic acids is 1. The maximum absolute atomic E-state index is 12.9. The molecular formula is C22H17N5O3S2. The summed E-state index contributed by atoms with van der Waals surface area (Å²) in [5.41, 5.74) is 7.13. The average molecular weight is 464 g/mol. The number of thioether (sulfide) groups is 1. The van der Waals surface area contributed by atoms with Gasteiger partial charge in [0.2, 0.25) is 5.91 Å². The van der Waals surface area contributed by atoms with Gasteiger partial charge in [-0.15, -0.1) is 11.3 Å². The summed E-state index contributed by atoms with van der Waals surface area (Å²) in [6.07, 6.45) is 0.413. The Kier molecular flexibility index (Phi) is 7.11. The third-order valence-corrected chi connectivity index (χ3v) is 6.72. The molecule has 0 radical (unpaired) electrons. The molecule has 4 N–H and O–H groups in total. The van der Waals surface area contributed by atoms with Crippen LogP contribution in [0.25, 0.3) is 10.4 Å². The highest BCUT2D eigenvalue weighted by molar-refractivity contribution is 8.00. The molecule has 3 aromatic rings. The number of carboxylic acids is 1. The largest absolute Gasteiger partial charge is 0.478 e. The van der Waals surface area contributed by atoms with Gasteiger partial charge in [-0.05, 0) is 36.1 Å². The summed E-state index contributed by atoms with van der Waals surface area (Å²) >= 11 is 2.44. The molecule has 2 aromatic heterocycles. The van der Waals surface area contributed by atoms with Crippen molar-refractivity contribution in [1.29, 1.82) is 10.5 Å². The predicted octanol–water partition coefficient (Wildman–Crippen LogP) is 4.34. The Morgan fingerprint density at radius 3 is 2.59 bits per heavy atom. The zero-order chi connectivity index (χ0) is 23.3. The highest BCUT2D eigenvalue weighted by Crippen LogP contribution is 2.39. The van der Waals surface area contributed by atoms with Crippen molar-refractivity contribution in [2.45, 2.75) is 23.6 Å². The van der Waals surface area contributed by atoms with E-state index in [1.165, 1.54) is 29.5 Å². The Hall–Kier alpha value is -3.86. The molecule has 160 valence electrons. The topological polar surface area (TPSA) is 153 Å². The molecule has 8 nitrogen and oxygen atoms in total. The van der Waals surface area contributed by atoms with Crippen LogP contribution in [0.4, 0.5) is 11.5 Å². The Morgan fingerprint density at radius 1 is 1.25 bits per heavy atom. The van der Waals surface area contributed by atoms with Crippen LogP contribution in [0.1, 0.15) is 34.8 Å². The van der Waals surface area contributed by atoms with Crippen LogP contribution in [0.5, 0.6) is 0 Å². The first-order chi connectivity index (χ1) is 15.4. The molecule has 1 aromatic carbocycles. The van der Waals surface area contributed by atoms with Gasteiger partial charge in [-0.1, -0.05) is 30.8 Å². The van der Waals surface area contributed by atoms with Gasteiger partial charge in [-0.3, -0.25) is 4.79 Å². The maximum atomic E-state index is 12.9. The lowest BCUT2D eigenvalue weighted by Gasteiger charge is -2.17. The second-order valence-electron chi connectivity index (χ2n) is 6.52. The number of carbonyl (C=O) groups is 2. The minimum atomic E-state index is -1.10. The van der Waals surface area contributed by atoms with Gasteiger partial charge in [-0.2, -0.15) is 10.5 Å². The summed E-state index contributed by atoms with van der Waals surface area (Å²) in [6, 6.07) is 13.7. The van der Waals surface area contributed by atoms with Crippen LogP contribution in [0.3, 0.4) is 0 Å². The summed E-state index contributed by atoms with van der Waals surface area (Å²) in [4.78, 5) is 29.0. The van der Waals surface area contributed by atoms with Crippen molar-refractivity contribution < 1.29 is 14.7 Å². The lowest BCUT2D eigenvalue weighted by atomic mass is 10.0. The first kappa shape index (κ1) is 22.8. The number of anilines is 2. The fourth-order valence-corrected chi connectivity index (χ4v) is 4.76. The van der Waals surface area contributed by atoms with Crippen molar-refractivity contribution in [2.75, 3.05) is 11.1 Å². The van der Waals surface area contributed by atoms with Crippen LogP contribution in [0.2, 0.25) is 0 Å². The van der Waals surface area contributed by atoms with Crippen LogP contribution >= 0.6 is 23.1 Å². The monoisotopic (exact) mass is 463 g/mol. The number of nitrogen functional groups attached to an aromatic ring is 1. The molecule has 0 fully saturated rings. The van der Waals surface area contributed by atoms with Crippen molar-refractivity contribution in [3.05, 3.63) is 58.5 Å². The Morgan fingerprint density at radius 2 is 2.00 bits per heavy atom. The molecule has 32 heavy (non-hydrogen) atoms. The number of thiophene rings is 1. The Bertz CT molecular complexity index is 1260. The third-order valence-electron chi connectivity index (χ3n) is 4.48. The SMILES string of the molecule is CCC(Sc1nc(N)c(C#N)c(-c2cccs2)c1C#N)C(=O)Nc1cccc(C(=O)O)c1. The van der Waals surface area contributed by atoms with Crippen molar-refractivity contribution in [2.24, 2.45) is 0 Å². The number of carboxylic acid groups (broad SMARTS) is 1. The zero-order valence-corrected chi connectivity index (χ0v) is 18.5. The molecule has 0 bridgehead atoms. The van der Waals surface area contributed by atoms with Crippen molar-refractivity contribution in [1.82, 2.24) is 4.98 Å². The zero-order valence-electron chi connectivity index (χ0n) is 16.8. The summed E-state index contributed by atoms with van der Waals surface area (Å²) in [5.74, 6) is -1.48. The molecule has 0 aliphatic carbocycles. The molecule has 0 saturated carbocycles. The lowest BCUT2D eigenvalue weighted by molar-refractivity contribution is -0.115. The molecule has 3 rings (SSSR count). The van der Waals surface area contributed by atoms with Crippen molar-refractivity contribution in [3.63, 3.8) is 0 Å². The van der Waals surface area contributed by atoms with Crippen LogP contribution in [0.15, 0.2) is 46.8 Å². The van der Waals surface area contributed by atoms with Crippen LogP contribution in [0, 0.1) is 22.7 Å². The van der Waals surface area contributed by atoms with E-state index in [1.807, 2.05) is 18.4 Å². The van der Waals surface area contributed by atoms with Crippen LogP contribution < -0.4 is 11.1 Å². The molecule has 0 aliphatic rings. The molecule has 2 heterocycles. The average Bonchev–Trinajstić information content (AvgIpc) is 3.31. The van der Waals surface area contributed by atoms with E-state index in [4.69, 9.17) is 10.8 Å². The minimum absolute atomic E-state index is 0.0122. The Balaban J connectivity index is 1.95. The van der Waals surface area contributed by atoms with E-state index in [-0.39, 0.29) is 33.4 Å². The normalized spacial score (nSPS) is 11.2. The smallest absolute Gasteiger partial charge is 0.335 e. The molecule has 1 atom stereocenters. The molecule has 0 spiro atoms.